The molecule has 0 spiro atoms. The van der Waals surface area contributed by atoms with E-state index in [0.29, 0.717) is 19.3 Å². The topological polar surface area (TPSA) is 47.7 Å². The molecule has 0 aromatic heterocycles. The monoisotopic (exact) mass is 276 g/mol. The number of hydrogen-bond acceptors (Lipinski definition) is 4. The van der Waals surface area contributed by atoms with Crippen LogP contribution in [0.3, 0.4) is 0 Å². The highest BCUT2D eigenvalue weighted by Crippen LogP contribution is 2.33. The van der Waals surface area contributed by atoms with E-state index in [9.17, 15) is 0 Å². The van der Waals surface area contributed by atoms with Crippen molar-refractivity contribution in [2.45, 2.75) is 38.3 Å². The van der Waals surface area contributed by atoms with Gasteiger partial charge in [-0.05, 0) is 43.5 Å². The van der Waals surface area contributed by atoms with Gasteiger partial charge in [0.15, 0.2) is 11.5 Å². The second kappa shape index (κ2) is 6.02. The van der Waals surface area contributed by atoms with Crippen LogP contribution in [-0.4, -0.2) is 37.2 Å². The van der Waals surface area contributed by atoms with E-state index in [0.717, 1.165) is 23.6 Å². The number of hydrogen-bond donors (Lipinski definition) is 1. The van der Waals surface area contributed by atoms with Crippen molar-refractivity contribution in [2.24, 2.45) is 5.73 Å². The highest BCUT2D eigenvalue weighted by atomic mass is 16.6. The summed E-state index contributed by atoms with van der Waals surface area (Å²) >= 11 is 0. The molecule has 0 amide bonds. The van der Waals surface area contributed by atoms with E-state index in [1.807, 2.05) is 12.1 Å². The molecule has 3 rings (SSSR count). The number of nitrogens with zero attached hydrogens (tertiary/aromatic N) is 1. The fourth-order valence-corrected chi connectivity index (χ4v) is 3.25. The summed E-state index contributed by atoms with van der Waals surface area (Å²) in [5.41, 5.74) is 7.52. The Hall–Kier alpha value is -1.26. The fourth-order valence-electron chi connectivity index (χ4n) is 3.25. The maximum absolute atomic E-state index is 6.39. The van der Waals surface area contributed by atoms with Crippen LogP contribution in [0.4, 0.5) is 0 Å². The van der Waals surface area contributed by atoms with Crippen LogP contribution >= 0.6 is 0 Å². The van der Waals surface area contributed by atoms with E-state index in [4.69, 9.17) is 15.2 Å². The molecule has 20 heavy (non-hydrogen) atoms. The summed E-state index contributed by atoms with van der Waals surface area (Å²) < 4.78 is 11.2. The van der Waals surface area contributed by atoms with Gasteiger partial charge in [0.2, 0.25) is 0 Å². The predicted molar refractivity (Wildman–Crippen MR) is 79.2 cm³/mol. The summed E-state index contributed by atoms with van der Waals surface area (Å²) in [4.78, 5) is 2.53. The average Bonchev–Trinajstić information content (AvgIpc) is 2.94. The first-order chi connectivity index (χ1) is 9.78. The Labute approximate surface area is 120 Å². The van der Waals surface area contributed by atoms with Crippen molar-refractivity contribution < 1.29 is 9.47 Å². The lowest BCUT2D eigenvalue weighted by molar-refractivity contribution is 0.171. The second-order valence-electron chi connectivity index (χ2n) is 5.71. The molecule has 0 aliphatic carbocycles. The third kappa shape index (κ3) is 2.76. The third-order valence-corrected chi connectivity index (χ3v) is 4.40. The lowest BCUT2D eigenvalue weighted by Gasteiger charge is -2.27. The van der Waals surface area contributed by atoms with Crippen LogP contribution in [0, 0.1) is 0 Å². The van der Waals surface area contributed by atoms with Crippen molar-refractivity contribution in [3.05, 3.63) is 23.8 Å². The molecule has 1 aromatic carbocycles. The van der Waals surface area contributed by atoms with E-state index in [2.05, 4.69) is 17.9 Å². The van der Waals surface area contributed by atoms with Crippen LogP contribution in [0.1, 0.15) is 37.8 Å². The van der Waals surface area contributed by atoms with Crippen molar-refractivity contribution in [3.8, 4) is 11.5 Å². The average molecular weight is 276 g/mol. The minimum absolute atomic E-state index is 0.0398. The molecule has 4 nitrogen and oxygen atoms in total. The number of benzene rings is 1. The molecule has 4 heteroatoms. The molecule has 1 aromatic rings. The molecule has 2 unspecified atom stereocenters. The molecule has 0 bridgehead atoms. The number of nitrogens with two attached hydrogens (primary N) is 1. The summed E-state index contributed by atoms with van der Waals surface area (Å²) in [5.74, 6) is 1.66. The van der Waals surface area contributed by atoms with Crippen molar-refractivity contribution in [1.82, 2.24) is 4.90 Å². The molecule has 1 fully saturated rings. The van der Waals surface area contributed by atoms with E-state index in [1.165, 1.54) is 25.8 Å². The molecule has 0 saturated carbocycles. The van der Waals surface area contributed by atoms with Crippen LogP contribution in [0.25, 0.3) is 0 Å². The fraction of sp³-hybridized carbons (Fsp3) is 0.625. The van der Waals surface area contributed by atoms with Gasteiger partial charge in [0.05, 0.1) is 0 Å². The summed E-state index contributed by atoms with van der Waals surface area (Å²) in [5, 5.41) is 0. The zero-order valence-electron chi connectivity index (χ0n) is 12.2. The smallest absolute Gasteiger partial charge is 0.161 e. The maximum atomic E-state index is 6.39. The van der Waals surface area contributed by atoms with Crippen molar-refractivity contribution >= 4 is 0 Å². The van der Waals surface area contributed by atoms with Gasteiger partial charge in [-0.3, -0.25) is 4.90 Å². The van der Waals surface area contributed by atoms with Gasteiger partial charge >= 0.3 is 0 Å². The highest BCUT2D eigenvalue weighted by molar-refractivity contribution is 5.44. The van der Waals surface area contributed by atoms with Crippen LogP contribution in [0.15, 0.2) is 18.2 Å². The Morgan fingerprint density at radius 2 is 2.10 bits per heavy atom. The largest absolute Gasteiger partial charge is 0.486 e. The van der Waals surface area contributed by atoms with Crippen molar-refractivity contribution in [3.63, 3.8) is 0 Å². The van der Waals surface area contributed by atoms with E-state index < -0.39 is 0 Å². The highest BCUT2D eigenvalue weighted by Gasteiger charge is 2.25. The van der Waals surface area contributed by atoms with Gasteiger partial charge < -0.3 is 15.2 Å². The zero-order chi connectivity index (χ0) is 13.9. The predicted octanol–water partition coefficient (Wildman–Crippen LogP) is 2.33. The quantitative estimate of drug-likeness (QED) is 0.917. The zero-order valence-corrected chi connectivity index (χ0v) is 12.2. The molecular formula is C16H24N2O2. The van der Waals surface area contributed by atoms with Gasteiger partial charge in [-0.2, -0.15) is 0 Å². The van der Waals surface area contributed by atoms with Crippen LogP contribution in [0.5, 0.6) is 11.5 Å². The first kappa shape index (κ1) is 13.7. The Morgan fingerprint density at radius 3 is 2.90 bits per heavy atom. The standard InChI is InChI=1S/C16H24N2O2/c1-2-13-4-3-7-18(13)11-14(17)12-5-6-15-16(10-12)20-9-8-19-15/h5-6,10,13-14H,2-4,7-9,11,17H2,1H3. The Morgan fingerprint density at radius 1 is 1.30 bits per heavy atom. The number of rotatable bonds is 4. The normalized spacial score (nSPS) is 23.8. The van der Waals surface area contributed by atoms with Gasteiger partial charge in [0, 0.05) is 18.6 Å². The van der Waals surface area contributed by atoms with Gasteiger partial charge in [-0.25, -0.2) is 0 Å². The Balaban J connectivity index is 1.69. The molecule has 1 saturated heterocycles. The summed E-state index contributed by atoms with van der Waals surface area (Å²) in [6.45, 7) is 5.62. The SMILES string of the molecule is CCC1CCCN1CC(N)c1ccc2c(c1)OCCO2. The Kier molecular flexibility index (Phi) is 4.13. The van der Waals surface area contributed by atoms with E-state index >= 15 is 0 Å². The van der Waals surface area contributed by atoms with Crippen LogP contribution in [-0.2, 0) is 0 Å². The second-order valence-corrected chi connectivity index (χ2v) is 5.71. The van der Waals surface area contributed by atoms with Gasteiger partial charge in [-0.15, -0.1) is 0 Å². The van der Waals surface area contributed by atoms with Crippen molar-refractivity contribution in [2.75, 3.05) is 26.3 Å². The molecular weight excluding hydrogens is 252 g/mol. The molecule has 110 valence electrons. The van der Waals surface area contributed by atoms with E-state index in [-0.39, 0.29) is 6.04 Å². The summed E-state index contributed by atoms with van der Waals surface area (Å²) in [7, 11) is 0. The van der Waals surface area contributed by atoms with Crippen LogP contribution < -0.4 is 15.2 Å². The molecule has 2 aliphatic heterocycles. The van der Waals surface area contributed by atoms with Crippen molar-refractivity contribution in [1.29, 1.82) is 0 Å². The van der Waals surface area contributed by atoms with Gasteiger partial charge in [0.1, 0.15) is 13.2 Å². The summed E-state index contributed by atoms with van der Waals surface area (Å²) in [6.07, 6.45) is 3.82. The Bertz CT molecular complexity index is 464. The number of fused-ring (bicyclic) bond motifs is 1. The lowest BCUT2D eigenvalue weighted by Crippen LogP contribution is -2.35. The first-order valence-electron chi connectivity index (χ1n) is 7.67. The van der Waals surface area contributed by atoms with Gasteiger partial charge in [-0.1, -0.05) is 13.0 Å². The molecule has 2 atom stereocenters. The third-order valence-electron chi connectivity index (χ3n) is 4.40. The molecule has 2 aliphatic rings. The minimum atomic E-state index is 0.0398. The first-order valence-corrected chi connectivity index (χ1v) is 7.67. The number of ether oxygens (including phenoxy) is 2. The molecule has 2 N–H and O–H groups in total. The minimum Gasteiger partial charge on any atom is -0.486 e. The number of likely N-dealkylation sites (tertiary alicyclic amines) is 1. The lowest BCUT2D eigenvalue weighted by atomic mass is 10.1. The summed E-state index contributed by atoms with van der Waals surface area (Å²) in [6, 6.07) is 6.83. The molecule has 2 heterocycles. The van der Waals surface area contributed by atoms with Gasteiger partial charge in [0.25, 0.3) is 0 Å². The maximum Gasteiger partial charge on any atom is 0.161 e. The van der Waals surface area contributed by atoms with E-state index in [1.54, 1.807) is 0 Å². The molecule has 0 radical (unpaired) electrons. The van der Waals surface area contributed by atoms with Crippen LogP contribution in [0.2, 0.25) is 0 Å².